The number of anilines is 1. The summed E-state index contributed by atoms with van der Waals surface area (Å²) in [5.41, 5.74) is 3.91. The van der Waals surface area contributed by atoms with Crippen LogP contribution in [0.3, 0.4) is 0 Å². The number of rotatable bonds is 4. The van der Waals surface area contributed by atoms with Crippen LogP contribution in [0, 0.1) is 24.2 Å². The van der Waals surface area contributed by atoms with Crippen molar-refractivity contribution in [2.24, 2.45) is 22.4 Å². The van der Waals surface area contributed by atoms with Crippen molar-refractivity contribution >= 4 is 23.2 Å². The molecule has 6 rings (SSSR count). The van der Waals surface area contributed by atoms with E-state index >= 15 is 0 Å². The Morgan fingerprint density at radius 2 is 1.95 bits per heavy atom. The van der Waals surface area contributed by atoms with E-state index in [1.165, 1.54) is 11.1 Å². The molecule has 0 aromatic heterocycles. The van der Waals surface area contributed by atoms with Gasteiger partial charge in [-0.05, 0) is 99.1 Å². The molecule has 37 heavy (non-hydrogen) atoms. The van der Waals surface area contributed by atoms with Crippen molar-refractivity contribution in [3.63, 3.8) is 0 Å². The van der Waals surface area contributed by atoms with Crippen molar-refractivity contribution in [2.75, 3.05) is 18.7 Å². The van der Waals surface area contributed by atoms with Crippen LogP contribution < -0.4 is 9.75 Å². The lowest BCUT2D eigenvalue weighted by atomic mass is 9.55. The van der Waals surface area contributed by atoms with Crippen LogP contribution in [0.5, 0.6) is 5.75 Å². The van der Waals surface area contributed by atoms with E-state index < -0.39 is 16.9 Å². The standard InChI is InChI=1S/C31H36N2O4/c1-5-37-28(34)27-18-31(33(32-27)21-9-6-19(2)7-10-21)17-26-25-12-8-20-16-22(36-4)11-13-23(20)24(25)14-15-30(26,3)29(31)35/h6-7,9-11,13,16,24-26H,5,8,12,14-15,17-18H2,1-4H3/t24-,25-,26+,30+,31?/m1/s1. The predicted octanol–water partition coefficient (Wildman–Crippen LogP) is 5.61. The molecule has 1 heterocycles. The van der Waals surface area contributed by atoms with Gasteiger partial charge >= 0.3 is 5.97 Å². The number of fused-ring (bicyclic) bond motifs is 5. The summed E-state index contributed by atoms with van der Waals surface area (Å²) in [4.78, 5) is 27.4. The van der Waals surface area contributed by atoms with Gasteiger partial charge in [-0.1, -0.05) is 30.7 Å². The van der Waals surface area contributed by atoms with Gasteiger partial charge in [0.25, 0.3) is 0 Å². The van der Waals surface area contributed by atoms with Gasteiger partial charge in [-0.25, -0.2) is 4.79 Å². The minimum atomic E-state index is -0.841. The molecule has 0 amide bonds. The number of ketones is 1. The molecule has 194 valence electrons. The lowest BCUT2D eigenvalue weighted by Gasteiger charge is -2.48. The second kappa shape index (κ2) is 8.71. The molecular weight excluding hydrogens is 464 g/mol. The Morgan fingerprint density at radius 1 is 1.16 bits per heavy atom. The van der Waals surface area contributed by atoms with E-state index in [1.807, 2.05) is 36.2 Å². The molecule has 0 saturated heterocycles. The van der Waals surface area contributed by atoms with Crippen LogP contribution in [0.4, 0.5) is 5.69 Å². The number of hydrogen-bond acceptors (Lipinski definition) is 6. The van der Waals surface area contributed by atoms with E-state index in [0.717, 1.165) is 49.1 Å². The number of esters is 1. The average molecular weight is 501 g/mol. The number of carbonyl (C=O) groups is 2. The molecule has 0 radical (unpaired) electrons. The van der Waals surface area contributed by atoms with Gasteiger partial charge in [0.05, 0.1) is 19.4 Å². The number of benzene rings is 2. The van der Waals surface area contributed by atoms with Crippen LogP contribution in [0.1, 0.15) is 68.6 Å². The van der Waals surface area contributed by atoms with Gasteiger partial charge in [-0.3, -0.25) is 9.80 Å². The minimum absolute atomic E-state index is 0.243. The van der Waals surface area contributed by atoms with E-state index in [9.17, 15) is 9.59 Å². The fourth-order valence-electron chi connectivity index (χ4n) is 7.91. The molecule has 0 bridgehead atoms. The smallest absolute Gasteiger partial charge is 0.354 e. The maximum atomic E-state index is 14.6. The van der Waals surface area contributed by atoms with Crippen molar-refractivity contribution < 1.29 is 19.1 Å². The molecule has 1 unspecified atom stereocenters. The average Bonchev–Trinajstić information content (AvgIpc) is 3.40. The Kier molecular flexibility index (Phi) is 5.70. The van der Waals surface area contributed by atoms with Crippen LogP contribution >= 0.6 is 0 Å². The summed E-state index contributed by atoms with van der Waals surface area (Å²) in [5, 5.41) is 6.66. The van der Waals surface area contributed by atoms with Gasteiger partial charge in [-0.2, -0.15) is 5.10 Å². The third-order valence-corrected chi connectivity index (χ3v) is 9.70. The summed E-state index contributed by atoms with van der Waals surface area (Å²) in [6.07, 6.45) is 4.99. The number of aryl methyl sites for hydroxylation is 2. The Balaban J connectivity index is 1.39. The zero-order chi connectivity index (χ0) is 25.9. The monoisotopic (exact) mass is 500 g/mol. The van der Waals surface area contributed by atoms with E-state index in [2.05, 4.69) is 25.1 Å². The van der Waals surface area contributed by atoms with Crippen LogP contribution in [-0.2, 0) is 20.7 Å². The maximum Gasteiger partial charge on any atom is 0.354 e. The summed E-state index contributed by atoms with van der Waals surface area (Å²) in [6.45, 7) is 6.32. The van der Waals surface area contributed by atoms with E-state index in [0.29, 0.717) is 24.0 Å². The van der Waals surface area contributed by atoms with Gasteiger partial charge in [-0.15, -0.1) is 0 Å². The molecule has 4 aliphatic rings. The second-order valence-corrected chi connectivity index (χ2v) is 11.6. The molecule has 1 spiro atoms. The van der Waals surface area contributed by atoms with Gasteiger partial charge in [0, 0.05) is 11.8 Å². The number of carbonyl (C=O) groups excluding carboxylic acids is 2. The topological polar surface area (TPSA) is 68.2 Å². The first-order valence-electron chi connectivity index (χ1n) is 13.6. The molecule has 5 atom stereocenters. The second-order valence-electron chi connectivity index (χ2n) is 11.6. The molecule has 0 N–H and O–H groups in total. The Morgan fingerprint density at radius 3 is 2.68 bits per heavy atom. The van der Waals surface area contributed by atoms with Crippen molar-refractivity contribution in [3.05, 3.63) is 59.2 Å². The van der Waals surface area contributed by atoms with Gasteiger partial charge in [0.2, 0.25) is 0 Å². The summed E-state index contributed by atoms with van der Waals surface area (Å²) in [7, 11) is 1.72. The number of ether oxygens (including phenoxy) is 2. The predicted molar refractivity (Wildman–Crippen MR) is 143 cm³/mol. The first-order valence-corrected chi connectivity index (χ1v) is 13.6. The zero-order valence-corrected chi connectivity index (χ0v) is 22.3. The van der Waals surface area contributed by atoms with E-state index in [4.69, 9.17) is 14.6 Å². The number of hydrazone groups is 1. The van der Waals surface area contributed by atoms with Crippen molar-refractivity contribution in [1.82, 2.24) is 0 Å². The Hall–Kier alpha value is -3.15. The van der Waals surface area contributed by atoms with Crippen LogP contribution in [-0.4, -0.2) is 36.7 Å². The molecular formula is C31H36N2O4. The van der Waals surface area contributed by atoms with E-state index in [1.54, 1.807) is 14.0 Å². The number of methoxy groups -OCH3 is 1. The largest absolute Gasteiger partial charge is 0.497 e. The highest BCUT2D eigenvalue weighted by Crippen LogP contribution is 2.64. The molecule has 6 nitrogen and oxygen atoms in total. The highest BCUT2D eigenvalue weighted by atomic mass is 16.5. The quantitative estimate of drug-likeness (QED) is 0.511. The fourth-order valence-corrected chi connectivity index (χ4v) is 7.91. The molecule has 2 saturated carbocycles. The molecule has 6 heteroatoms. The maximum absolute atomic E-state index is 14.6. The summed E-state index contributed by atoms with van der Waals surface area (Å²) >= 11 is 0. The van der Waals surface area contributed by atoms with Gasteiger partial charge in [0.15, 0.2) is 5.78 Å². The molecule has 3 aliphatic carbocycles. The molecule has 1 aliphatic heterocycles. The lowest BCUT2D eigenvalue weighted by molar-refractivity contribution is -0.135. The van der Waals surface area contributed by atoms with Crippen LogP contribution in [0.2, 0.25) is 0 Å². The normalized spacial score (nSPS) is 32.0. The highest BCUT2D eigenvalue weighted by Gasteiger charge is 2.68. The van der Waals surface area contributed by atoms with E-state index in [-0.39, 0.29) is 18.3 Å². The summed E-state index contributed by atoms with van der Waals surface area (Å²) < 4.78 is 10.8. The molecule has 2 aromatic rings. The third-order valence-electron chi connectivity index (χ3n) is 9.70. The number of nitrogens with zero attached hydrogens (tertiary/aromatic N) is 2. The fraction of sp³-hybridized carbons (Fsp3) is 0.516. The van der Waals surface area contributed by atoms with Gasteiger partial charge < -0.3 is 9.47 Å². The highest BCUT2D eigenvalue weighted by molar-refractivity contribution is 6.38. The summed E-state index contributed by atoms with van der Waals surface area (Å²) in [5.74, 6) is 1.88. The first-order chi connectivity index (χ1) is 17.8. The Labute approximate surface area is 219 Å². The van der Waals surface area contributed by atoms with Crippen LogP contribution in [0.25, 0.3) is 0 Å². The van der Waals surface area contributed by atoms with Crippen molar-refractivity contribution in [3.8, 4) is 5.75 Å². The summed E-state index contributed by atoms with van der Waals surface area (Å²) in [6, 6.07) is 14.6. The molecule has 2 aromatic carbocycles. The Bertz CT molecular complexity index is 1280. The molecule has 2 fully saturated rings. The number of Topliss-reactive ketones (excluding diaryl/α,β-unsaturated/α-hetero) is 1. The minimum Gasteiger partial charge on any atom is -0.497 e. The lowest BCUT2D eigenvalue weighted by Crippen LogP contribution is -2.50. The van der Waals surface area contributed by atoms with Crippen molar-refractivity contribution in [2.45, 2.75) is 70.8 Å². The van der Waals surface area contributed by atoms with Crippen LogP contribution in [0.15, 0.2) is 47.6 Å². The first kappa shape index (κ1) is 24.2. The van der Waals surface area contributed by atoms with Gasteiger partial charge in [0.1, 0.15) is 17.0 Å². The zero-order valence-electron chi connectivity index (χ0n) is 22.3. The SMILES string of the molecule is CCOC(=O)C1=NN(c2ccc(C)cc2)C2(C1)C[C@H]1[C@@H]3CCc4cc(OC)ccc4[C@H]3CC[C@]1(C)C2=O. The number of hydrogen-bond donors (Lipinski definition) is 0. The van der Waals surface area contributed by atoms with Crippen molar-refractivity contribution in [1.29, 1.82) is 0 Å². The third kappa shape index (κ3) is 3.55.